The smallest absolute Gasteiger partial charge is 0.146 e. The fourth-order valence-corrected chi connectivity index (χ4v) is 5.24. The van der Waals surface area contributed by atoms with E-state index in [-0.39, 0.29) is 17.4 Å². The summed E-state index contributed by atoms with van der Waals surface area (Å²) < 4.78 is 10.9. The zero-order valence-corrected chi connectivity index (χ0v) is 15.0. The van der Waals surface area contributed by atoms with E-state index in [9.17, 15) is 5.11 Å². The SMILES string of the molecule is COCOC[C@@]12CCC[C@@](C)(CN(Cc3ccccc3)C1)[C@H]2CO. The molecule has 1 aliphatic heterocycles. The first-order valence-corrected chi connectivity index (χ1v) is 9.06. The molecule has 1 aromatic rings. The third-order valence-corrected chi connectivity index (χ3v) is 6.15. The molecule has 3 atom stereocenters. The highest BCUT2D eigenvalue weighted by Gasteiger charge is 2.55. The zero-order chi connectivity index (χ0) is 17.0. The Hall–Kier alpha value is -0.940. The van der Waals surface area contributed by atoms with Gasteiger partial charge in [0.15, 0.2) is 0 Å². The normalized spacial score (nSPS) is 33.5. The van der Waals surface area contributed by atoms with Crippen LogP contribution in [0.2, 0.25) is 0 Å². The lowest BCUT2D eigenvalue weighted by Crippen LogP contribution is -2.62. The molecule has 1 heterocycles. The number of benzene rings is 1. The number of aliphatic hydroxyl groups excluding tert-OH is 1. The molecule has 0 unspecified atom stereocenters. The Bertz CT molecular complexity index is 523. The minimum Gasteiger partial charge on any atom is -0.396 e. The lowest BCUT2D eigenvalue weighted by Gasteiger charge is -2.60. The highest BCUT2D eigenvalue weighted by Crippen LogP contribution is 2.55. The summed E-state index contributed by atoms with van der Waals surface area (Å²) in [5.74, 6) is 0.308. The van der Waals surface area contributed by atoms with Gasteiger partial charge in [-0.3, -0.25) is 4.90 Å². The standard InChI is InChI=1S/C20H31NO3/c1-19-9-6-10-20(18(19)12-22,15-24-16-23-2)14-21(13-19)11-17-7-4-3-5-8-17/h3-5,7-8,18,22H,6,9-16H2,1-2H3/t18-,19+,20-/m1/s1. The van der Waals surface area contributed by atoms with E-state index in [4.69, 9.17) is 9.47 Å². The van der Waals surface area contributed by atoms with Gasteiger partial charge in [0, 0.05) is 38.8 Å². The van der Waals surface area contributed by atoms with Crippen LogP contribution in [0, 0.1) is 16.7 Å². The molecule has 1 saturated carbocycles. The maximum Gasteiger partial charge on any atom is 0.146 e. The van der Waals surface area contributed by atoms with Crippen molar-refractivity contribution in [1.29, 1.82) is 0 Å². The topological polar surface area (TPSA) is 41.9 Å². The van der Waals surface area contributed by atoms with Gasteiger partial charge in [0.25, 0.3) is 0 Å². The summed E-state index contributed by atoms with van der Waals surface area (Å²) in [6.45, 7) is 6.63. The van der Waals surface area contributed by atoms with Crippen LogP contribution in [0.5, 0.6) is 0 Å². The number of rotatable bonds is 7. The molecular weight excluding hydrogens is 302 g/mol. The summed E-state index contributed by atoms with van der Waals surface area (Å²) in [7, 11) is 1.66. The summed E-state index contributed by atoms with van der Waals surface area (Å²) in [5, 5.41) is 10.2. The van der Waals surface area contributed by atoms with Gasteiger partial charge in [0.05, 0.1) is 6.61 Å². The van der Waals surface area contributed by atoms with Crippen LogP contribution in [-0.4, -0.2) is 50.2 Å². The molecule has 0 amide bonds. The van der Waals surface area contributed by atoms with Crippen molar-refractivity contribution >= 4 is 0 Å². The first-order chi connectivity index (χ1) is 11.6. The Balaban J connectivity index is 1.80. The van der Waals surface area contributed by atoms with Gasteiger partial charge in [-0.2, -0.15) is 0 Å². The number of fused-ring (bicyclic) bond motifs is 2. The van der Waals surface area contributed by atoms with Crippen molar-refractivity contribution in [3.8, 4) is 0 Å². The molecule has 2 aliphatic rings. The van der Waals surface area contributed by atoms with Crippen LogP contribution in [0.3, 0.4) is 0 Å². The first kappa shape index (κ1) is 17.9. The third-order valence-electron chi connectivity index (χ3n) is 6.15. The third kappa shape index (κ3) is 3.52. The van der Waals surface area contributed by atoms with Gasteiger partial charge in [-0.25, -0.2) is 0 Å². The molecule has 4 heteroatoms. The molecule has 1 saturated heterocycles. The molecule has 0 spiro atoms. The predicted octanol–water partition coefficient (Wildman–Crippen LogP) is 2.91. The Morgan fingerprint density at radius 2 is 2.00 bits per heavy atom. The predicted molar refractivity (Wildman–Crippen MR) is 94.5 cm³/mol. The fraction of sp³-hybridized carbons (Fsp3) is 0.700. The molecule has 1 N–H and O–H groups in total. The van der Waals surface area contributed by atoms with E-state index in [0.717, 1.165) is 26.1 Å². The summed E-state index contributed by atoms with van der Waals surface area (Å²) in [4.78, 5) is 2.57. The van der Waals surface area contributed by atoms with Gasteiger partial charge < -0.3 is 14.6 Å². The van der Waals surface area contributed by atoms with Crippen LogP contribution in [0.25, 0.3) is 0 Å². The quantitative estimate of drug-likeness (QED) is 0.615. The van der Waals surface area contributed by atoms with Gasteiger partial charge in [0.2, 0.25) is 0 Å². The van der Waals surface area contributed by atoms with Crippen LogP contribution in [0.4, 0.5) is 0 Å². The number of likely N-dealkylation sites (tertiary alicyclic amines) is 1. The second-order valence-electron chi connectivity index (χ2n) is 7.99. The van der Waals surface area contributed by atoms with E-state index in [1.54, 1.807) is 7.11 Å². The van der Waals surface area contributed by atoms with Gasteiger partial charge in [-0.1, -0.05) is 43.7 Å². The maximum absolute atomic E-state index is 10.2. The van der Waals surface area contributed by atoms with Gasteiger partial charge in [-0.15, -0.1) is 0 Å². The van der Waals surface area contributed by atoms with Crippen LogP contribution < -0.4 is 0 Å². The van der Waals surface area contributed by atoms with E-state index < -0.39 is 0 Å². The van der Waals surface area contributed by atoms with Crippen LogP contribution in [-0.2, 0) is 16.0 Å². The molecule has 24 heavy (non-hydrogen) atoms. The number of methoxy groups -OCH3 is 1. The molecule has 2 bridgehead atoms. The Labute approximate surface area is 145 Å². The largest absolute Gasteiger partial charge is 0.396 e. The van der Waals surface area contributed by atoms with E-state index in [1.807, 2.05) is 0 Å². The van der Waals surface area contributed by atoms with Gasteiger partial charge >= 0.3 is 0 Å². The lowest BCUT2D eigenvalue weighted by atomic mass is 9.53. The number of piperidine rings is 1. The highest BCUT2D eigenvalue weighted by molar-refractivity contribution is 5.15. The van der Waals surface area contributed by atoms with Crippen molar-refractivity contribution in [3.63, 3.8) is 0 Å². The molecule has 4 nitrogen and oxygen atoms in total. The number of aliphatic hydroxyl groups is 1. The van der Waals surface area contributed by atoms with Crippen LogP contribution in [0.1, 0.15) is 31.7 Å². The number of ether oxygens (including phenoxy) is 2. The second kappa shape index (κ2) is 7.52. The van der Waals surface area contributed by atoms with Crippen molar-refractivity contribution in [3.05, 3.63) is 35.9 Å². The minimum atomic E-state index is 0.0350. The molecular formula is C20H31NO3. The molecule has 0 radical (unpaired) electrons. The zero-order valence-electron chi connectivity index (χ0n) is 15.0. The molecule has 1 aromatic carbocycles. The van der Waals surface area contributed by atoms with Gasteiger partial charge in [0.1, 0.15) is 6.79 Å². The number of hydrogen-bond donors (Lipinski definition) is 1. The first-order valence-electron chi connectivity index (χ1n) is 9.06. The molecule has 3 rings (SSSR count). The van der Waals surface area contributed by atoms with Crippen molar-refractivity contribution in [2.75, 3.05) is 40.2 Å². The van der Waals surface area contributed by atoms with E-state index in [1.165, 1.54) is 18.4 Å². The molecule has 134 valence electrons. The second-order valence-corrected chi connectivity index (χ2v) is 7.99. The summed E-state index contributed by atoms with van der Waals surface area (Å²) in [5.41, 5.74) is 1.55. The molecule has 1 aliphatic carbocycles. The Kier molecular flexibility index (Phi) is 5.60. The summed E-state index contributed by atoms with van der Waals surface area (Å²) in [6.07, 6.45) is 3.54. The van der Waals surface area contributed by atoms with Crippen molar-refractivity contribution < 1.29 is 14.6 Å². The molecule has 0 aromatic heterocycles. The van der Waals surface area contributed by atoms with Crippen molar-refractivity contribution in [2.24, 2.45) is 16.7 Å². The van der Waals surface area contributed by atoms with E-state index in [0.29, 0.717) is 19.3 Å². The van der Waals surface area contributed by atoms with Gasteiger partial charge in [-0.05, 0) is 29.7 Å². The van der Waals surface area contributed by atoms with E-state index in [2.05, 4.69) is 42.2 Å². The fourth-order valence-electron chi connectivity index (χ4n) is 5.24. The maximum atomic E-state index is 10.2. The lowest BCUT2D eigenvalue weighted by molar-refractivity contribution is -0.172. The van der Waals surface area contributed by atoms with Crippen molar-refractivity contribution in [1.82, 2.24) is 4.90 Å². The molecule has 2 fully saturated rings. The number of hydrogen-bond acceptors (Lipinski definition) is 4. The average molecular weight is 333 g/mol. The summed E-state index contributed by atoms with van der Waals surface area (Å²) in [6, 6.07) is 10.7. The average Bonchev–Trinajstić information content (AvgIpc) is 2.55. The Morgan fingerprint density at radius 3 is 2.71 bits per heavy atom. The monoisotopic (exact) mass is 333 g/mol. The highest BCUT2D eigenvalue weighted by atomic mass is 16.7. The minimum absolute atomic E-state index is 0.0350. The van der Waals surface area contributed by atoms with Crippen molar-refractivity contribution in [2.45, 2.75) is 32.7 Å². The summed E-state index contributed by atoms with van der Waals surface area (Å²) >= 11 is 0. The van der Waals surface area contributed by atoms with E-state index >= 15 is 0 Å². The Morgan fingerprint density at radius 1 is 1.21 bits per heavy atom. The van der Waals surface area contributed by atoms with Crippen LogP contribution in [0.15, 0.2) is 30.3 Å². The number of nitrogens with zero attached hydrogens (tertiary/aromatic N) is 1. The van der Waals surface area contributed by atoms with Crippen LogP contribution >= 0.6 is 0 Å².